The van der Waals surface area contributed by atoms with Gasteiger partial charge in [-0.3, -0.25) is 9.59 Å². The van der Waals surface area contributed by atoms with Crippen LogP contribution in [0.25, 0.3) is 0 Å². The van der Waals surface area contributed by atoms with Crippen LogP contribution in [-0.2, 0) is 9.59 Å². The number of aromatic nitrogens is 3. The second-order valence-electron chi connectivity index (χ2n) is 2.23. The average Bonchev–Trinajstić information content (AvgIpc) is 2.46. The van der Waals surface area contributed by atoms with Gasteiger partial charge < -0.3 is 5.73 Å². The van der Waals surface area contributed by atoms with Gasteiger partial charge >= 0.3 is 0 Å². The van der Waals surface area contributed by atoms with Crippen LogP contribution in [0.5, 0.6) is 0 Å². The first-order valence-corrected chi connectivity index (χ1v) is 3.98. The highest BCUT2D eigenvalue weighted by atomic mass is 32.2. The van der Waals surface area contributed by atoms with Crippen LogP contribution in [0.15, 0.2) is 6.20 Å². The summed E-state index contributed by atoms with van der Waals surface area (Å²) in [7, 11) is 0. The van der Waals surface area contributed by atoms with Crippen LogP contribution in [0.4, 0.5) is 5.82 Å². The third-order valence-corrected chi connectivity index (χ3v) is 2.52. The van der Waals surface area contributed by atoms with Crippen molar-refractivity contribution in [2.75, 3.05) is 5.73 Å². The minimum absolute atomic E-state index is 0.286. The quantitative estimate of drug-likeness (QED) is 0.574. The Hall–Kier alpha value is -1.37. The van der Waals surface area contributed by atoms with Crippen molar-refractivity contribution in [3.8, 4) is 0 Å². The Morgan fingerprint density at radius 2 is 2.33 bits per heavy atom. The lowest BCUT2D eigenvalue weighted by Gasteiger charge is -2.21. The Bertz CT molecular complexity index is 360. The number of nitrogens with two attached hydrogens (primary N) is 1. The van der Waals surface area contributed by atoms with E-state index in [-0.39, 0.29) is 5.82 Å². The van der Waals surface area contributed by atoms with Crippen LogP contribution >= 0.6 is 11.8 Å². The number of anilines is 1. The number of nitrogens with zero attached hydrogens (tertiary/aromatic N) is 3. The lowest BCUT2D eigenvalue weighted by molar-refractivity contribution is -0.134. The zero-order valence-corrected chi connectivity index (χ0v) is 6.61. The van der Waals surface area contributed by atoms with Crippen LogP contribution < -0.4 is 5.73 Å². The summed E-state index contributed by atoms with van der Waals surface area (Å²) < 4.78 is 1.23. The van der Waals surface area contributed by atoms with Crippen molar-refractivity contribution in [3.05, 3.63) is 6.20 Å². The first kappa shape index (κ1) is 7.29. The summed E-state index contributed by atoms with van der Waals surface area (Å²) >= 11 is 0.901. The van der Waals surface area contributed by atoms with Gasteiger partial charge in [0.1, 0.15) is 5.82 Å². The summed E-state index contributed by atoms with van der Waals surface area (Å²) in [5, 5.41) is 6.02. The monoisotopic (exact) mass is 184 g/mol. The molecule has 1 aromatic rings. The van der Waals surface area contributed by atoms with Gasteiger partial charge in [0.15, 0.2) is 5.37 Å². The molecule has 1 aliphatic heterocycles. The minimum Gasteiger partial charge on any atom is -0.383 e. The Labute approximate surface area is 71.1 Å². The maximum absolute atomic E-state index is 10.9. The Kier molecular flexibility index (Phi) is 1.40. The van der Waals surface area contributed by atoms with Gasteiger partial charge in [0, 0.05) is 0 Å². The molecule has 6 nitrogen and oxygen atoms in total. The van der Waals surface area contributed by atoms with Crippen LogP contribution in [0, 0.1) is 0 Å². The highest BCUT2D eigenvalue weighted by Gasteiger charge is 2.42. The van der Waals surface area contributed by atoms with Crippen LogP contribution in [0.1, 0.15) is 5.37 Å². The molecule has 0 spiro atoms. The van der Waals surface area contributed by atoms with E-state index < -0.39 is 16.3 Å². The third-order valence-electron chi connectivity index (χ3n) is 1.47. The van der Waals surface area contributed by atoms with E-state index in [9.17, 15) is 9.59 Å². The second kappa shape index (κ2) is 2.31. The van der Waals surface area contributed by atoms with Crippen LogP contribution in [-0.4, -0.2) is 25.9 Å². The van der Waals surface area contributed by atoms with Crippen LogP contribution in [0.3, 0.4) is 0 Å². The molecule has 1 unspecified atom stereocenters. The number of rotatable bonds is 1. The molecule has 0 saturated carbocycles. The molecule has 2 N–H and O–H groups in total. The van der Waals surface area contributed by atoms with Crippen molar-refractivity contribution in [2.45, 2.75) is 5.37 Å². The van der Waals surface area contributed by atoms with E-state index in [0.29, 0.717) is 0 Å². The Balaban J connectivity index is 2.29. The molecular formula is C5H4N4O2S. The van der Waals surface area contributed by atoms with Crippen molar-refractivity contribution < 1.29 is 9.59 Å². The standard InChI is InChI=1S/C5H4N4O2S/c6-2-1-7-8-9(2)4-3(10)5(11)12-4/h1,4H,6H2. The molecule has 0 aromatic carbocycles. The molecule has 1 atom stereocenters. The van der Waals surface area contributed by atoms with Gasteiger partial charge in [0.2, 0.25) is 5.78 Å². The second-order valence-corrected chi connectivity index (χ2v) is 3.28. The lowest BCUT2D eigenvalue weighted by Crippen LogP contribution is -2.34. The molecule has 62 valence electrons. The molecule has 7 heteroatoms. The van der Waals surface area contributed by atoms with E-state index in [2.05, 4.69) is 10.3 Å². The molecule has 0 aliphatic carbocycles. The number of Topliss-reactive ketones (excluding diaryl/α,β-unsaturated/α-hetero) is 1. The first-order valence-electron chi connectivity index (χ1n) is 3.10. The van der Waals surface area contributed by atoms with Gasteiger partial charge in [-0.1, -0.05) is 5.21 Å². The molecule has 2 rings (SSSR count). The number of carbonyl (C=O) groups excluding carboxylic acids is 2. The predicted octanol–water partition coefficient (Wildman–Crippen LogP) is -0.799. The molecule has 0 radical (unpaired) electrons. The van der Waals surface area contributed by atoms with Gasteiger partial charge in [0.05, 0.1) is 6.20 Å². The smallest absolute Gasteiger partial charge is 0.260 e. The third kappa shape index (κ3) is 0.828. The molecule has 12 heavy (non-hydrogen) atoms. The number of thioether (sulfide) groups is 1. The van der Waals surface area contributed by atoms with Crippen molar-refractivity contribution in [1.29, 1.82) is 0 Å². The van der Waals surface area contributed by atoms with Crippen molar-refractivity contribution >= 4 is 28.5 Å². The molecule has 1 saturated heterocycles. The molecule has 1 aromatic heterocycles. The number of carbonyl (C=O) groups is 2. The van der Waals surface area contributed by atoms with E-state index >= 15 is 0 Å². The summed E-state index contributed by atoms with van der Waals surface area (Å²) in [5.74, 6) is -0.189. The number of nitrogen functional groups attached to an aromatic ring is 1. The highest BCUT2D eigenvalue weighted by Crippen LogP contribution is 2.36. The molecule has 1 aliphatic rings. The fourth-order valence-electron chi connectivity index (χ4n) is 0.850. The van der Waals surface area contributed by atoms with E-state index in [1.54, 1.807) is 0 Å². The van der Waals surface area contributed by atoms with E-state index in [1.165, 1.54) is 10.9 Å². The SMILES string of the molecule is Nc1cnnn1C1SC(=O)C1=O. The largest absolute Gasteiger partial charge is 0.383 e. The van der Waals surface area contributed by atoms with Crippen LogP contribution in [0.2, 0.25) is 0 Å². The maximum atomic E-state index is 10.9. The van der Waals surface area contributed by atoms with E-state index in [0.717, 1.165) is 11.8 Å². The fraction of sp³-hybridized carbons (Fsp3) is 0.200. The van der Waals surface area contributed by atoms with Crippen molar-refractivity contribution in [1.82, 2.24) is 15.0 Å². The first-order chi connectivity index (χ1) is 5.70. The molecular weight excluding hydrogens is 180 g/mol. The summed E-state index contributed by atoms with van der Waals surface area (Å²) in [6, 6.07) is 0. The zero-order chi connectivity index (χ0) is 8.72. The minimum atomic E-state index is -0.597. The summed E-state index contributed by atoms with van der Waals surface area (Å²) in [6.45, 7) is 0. The van der Waals surface area contributed by atoms with E-state index in [4.69, 9.17) is 5.73 Å². The van der Waals surface area contributed by atoms with Crippen molar-refractivity contribution in [2.24, 2.45) is 0 Å². The molecule has 1 fully saturated rings. The van der Waals surface area contributed by atoms with Crippen molar-refractivity contribution in [3.63, 3.8) is 0 Å². The van der Waals surface area contributed by atoms with E-state index in [1.807, 2.05) is 0 Å². The lowest BCUT2D eigenvalue weighted by atomic mass is 10.4. The zero-order valence-electron chi connectivity index (χ0n) is 5.80. The Morgan fingerprint density at radius 1 is 1.58 bits per heavy atom. The summed E-state index contributed by atoms with van der Waals surface area (Å²) in [4.78, 5) is 21.5. The molecule has 2 heterocycles. The Morgan fingerprint density at radius 3 is 2.75 bits per heavy atom. The predicted molar refractivity (Wildman–Crippen MR) is 41.1 cm³/mol. The average molecular weight is 184 g/mol. The summed E-state index contributed by atoms with van der Waals surface area (Å²) in [6.07, 6.45) is 1.33. The number of hydrogen-bond donors (Lipinski definition) is 1. The summed E-state index contributed by atoms with van der Waals surface area (Å²) in [5.41, 5.74) is 5.42. The van der Waals surface area contributed by atoms with Gasteiger partial charge in [0.25, 0.3) is 5.12 Å². The van der Waals surface area contributed by atoms with Gasteiger partial charge in [-0.25, -0.2) is 4.68 Å². The maximum Gasteiger partial charge on any atom is 0.260 e. The number of ketones is 1. The fourth-order valence-corrected chi connectivity index (χ4v) is 1.57. The van der Waals surface area contributed by atoms with Gasteiger partial charge in [-0.05, 0) is 11.8 Å². The number of hydrogen-bond acceptors (Lipinski definition) is 6. The normalized spacial score (nSPS) is 22.5. The topological polar surface area (TPSA) is 90.9 Å². The molecule has 0 amide bonds. The molecule has 0 bridgehead atoms. The van der Waals surface area contributed by atoms with Gasteiger partial charge in [-0.15, -0.1) is 5.10 Å². The van der Waals surface area contributed by atoms with Gasteiger partial charge in [-0.2, -0.15) is 0 Å². The highest BCUT2D eigenvalue weighted by molar-refractivity contribution is 8.19.